The molecular weight excluding hydrogens is 226 g/mol. The highest BCUT2D eigenvalue weighted by molar-refractivity contribution is 5.75. The van der Waals surface area contributed by atoms with Gasteiger partial charge in [-0.25, -0.2) is 0 Å². The molecule has 0 aromatic heterocycles. The van der Waals surface area contributed by atoms with Crippen molar-refractivity contribution >= 4 is 5.91 Å². The van der Waals surface area contributed by atoms with Crippen molar-refractivity contribution in [1.29, 1.82) is 0 Å². The molecule has 2 N–H and O–H groups in total. The molecule has 1 saturated carbocycles. The van der Waals surface area contributed by atoms with Crippen LogP contribution in [0.3, 0.4) is 0 Å². The van der Waals surface area contributed by atoms with Gasteiger partial charge in [-0.1, -0.05) is 33.6 Å². The number of rotatable bonds is 6. The number of hydrogen-bond donors (Lipinski definition) is 2. The van der Waals surface area contributed by atoms with Gasteiger partial charge < -0.3 is 10.4 Å². The van der Waals surface area contributed by atoms with Gasteiger partial charge in [0.25, 0.3) is 0 Å². The van der Waals surface area contributed by atoms with E-state index in [1.54, 1.807) is 0 Å². The van der Waals surface area contributed by atoms with Crippen molar-refractivity contribution in [3.8, 4) is 0 Å². The van der Waals surface area contributed by atoms with Crippen molar-refractivity contribution in [2.45, 2.75) is 71.8 Å². The minimum absolute atomic E-state index is 0.0799. The maximum absolute atomic E-state index is 11.6. The minimum atomic E-state index is -0.348. The zero-order valence-electron chi connectivity index (χ0n) is 12.2. The molecule has 18 heavy (non-hydrogen) atoms. The van der Waals surface area contributed by atoms with Gasteiger partial charge in [-0.15, -0.1) is 0 Å². The Morgan fingerprint density at radius 3 is 2.50 bits per heavy atom. The number of nitrogens with one attached hydrogen (secondary N) is 1. The molecule has 3 heteroatoms. The predicted octanol–water partition coefficient (Wildman–Crippen LogP) is 2.87. The Hall–Kier alpha value is -0.570. The van der Waals surface area contributed by atoms with Crippen molar-refractivity contribution in [3.05, 3.63) is 0 Å². The van der Waals surface area contributed by atoms with Gasteiger partial charge in [0.1, 0.15) is 0 Å². The Labute approximate surface area is 111 Å². The van der Waals surface area contributed by atoms with Crippen LogP contribution in [-0.2, 0) is 4.79 Å². The number of carbonyl (C=O) groups excluding carboxylic acids is 1. The van der Waals surface area contributed by atoms with E-state index in [2.05, 4.69) is 26.1 Å². The van der Waals surface area contributed by atoms with Gasteiger partial charge in [0.2, 0.25) is 5.91 Å². The van der Waals surface area contributed by atoms with E-state index in [-0.39, 0.29) is 12.0 Å². The average molecular weight is 255 g/mol. The first kappa shape index (κ1) is 15.5. The van der Waals surface area contributed by atoms with Gasteiger partial charge in [0, 0.05) is 13.0 Å². The van der Waals surface area contributed by atoms with Crippen LogP contribution in [0.15, 0.2) is 0 Å². The molecule has 1 unspecified atom stereocenters. The number of amides is 1. The molecule has 1 atom stereocenters. The molecule has 0 aromatic rings. The van der Waals surface area contributed by atoms with Gasteiger partial charge in [-0.3, -0.25) is 4.79 Å². The van der Waals surface area contributed by atoms with Crippen LogP contribution in [0.4, 0.5) is 0 Å². The summed E-state index contributed by atoms with van der Waals surface area (Å²) < 4.78 is 0. The number of aliphatic hydroxyl groups is 1. The summed E-state index contributed by atoms with van der Waals surface area (Å²) in [5, 5.41) is 12.8. The second-order valence-electron chi connectivity index (χ2n) is 6.83. The number of hydrogen-bond acceptors (Lipinski definition) is 2. The topological polar surface area (TPSA) is 49.3 Å². The largest absolute Gasteiger partial charge is 0.391 e. The van der Waals surface area contributed by atoms with Gasteiger partial charge >= 0.3 is 0 Å². The predicted molar refractivity (Wildman–Crippen MR) is 74.3 cm³/mol. The van der Waals surface area contributed by atoms with Crippen molar-refractivity contribution in [2.24, 2.45) is 11.3 Å². The van der Waals surface area contributed by atoms with E-state index >= 15 is 0 Å². The molecule has 1 amide bonds. The van der Waals surface area contributed by atoms with E-state index in [9.17, 15) is 9.90 Å². The van der Waals surface area contributed by atoms with Crippen LogP contribution in [0.25, 0.3) is 0 Å². The second-order valence-corrected chi connectivity index (χ2v) is 6.83. The zero-order chi connectivity index (χ0) is 13.6. The Morgan fingerprint density at radius 2 is 1.94 bits per heavy atom. The van der Waals surface area contributed by atoms with Crippen LogP contribution in [0, 0.1) is 11.3 Å². The molecule has 1 aliphatic carbocycles. The van der Waals surface area contributed by atoms with E-state index in [1.807, 2.05) is 0 Å². The molecule has 0 radical (unpaired) electrons. The first-order valence-electron chi connectivity index (χ1n) is 7.33. The molecule has 0 aromatic carbocycles. The first-order valence-corrected chi connectivity index (χ1v) is 7.33. The molecule has 0 heterocycles. The Bertz CT molecular complexity index is 252. The number of carbonyl (C=O) groups is 1. The minimum Gasteiger partial charge on any atom is -0.391 e. The Morgan fingerprint density at radius 1 is 1.33 bits per heavy atom. The SMILES string of the molecule is CC(C)(C)CCCC(=O)NCC(O)C1CCCC1. The maximum Gasteiger partial charge on any atom is 0.220 e. The highest BCUT2D eigenvalue weighted by atomic mass is 16.3. The van der Waals surface area contributed by atoms with E-state index in [4.69, 9.17) is 0 Å². The third-order valence-electron chi connectivity index (χ3n) is 3.78. The number of aliphatic hydroxyl groups excluding tert-OH is 1. The van der Waals surface area contributed by atoms with Crippen molar-refractivity contribution in [1.82, 2.24) is 5.32 Å². The molecule has 106 valence electrons. The summed E-state index contributed by atoms with van der Waals surface area (Å²) in [7, 11) is 0. The lowest BCUT2D eigenvalue weighted by atomic mass is 9.90. The highest BCUT2D eigenvalue weighted by Gasteiger charge is 2.23. The van der Waals surface area contributed by atoms with Crippen molar-refractivity contribution < 1.29 is 9.90 Å². The zero-order valence-corrected chi connectivity index (χ0v) is 12.2. The van der Waals surface area contributed by atoms with Crippen molar-refractivity contribution in [2.75, 3.05) is 6.54 Å². The van der Waals surface area contributed by atoms with E-state index in [0.717, 1.165) is 25.7 Å². The fraction of sp³-hybridized carbons (Fsp3) is 0.933. The lowest BCUT2D eigenvalue weighted by Crippen LogP contribution is -2.35. The third kappa shape index (κ3) is 6.39. The van der Waals surface area contributed by atoms with Crippen LogP contribution in [0.2, 0.25) is 0 Å². The average Bonchev–Trinajstić information content (AvgIpc) is 2.77. The molecular formula is C15H29NO2. The highest BCUT2D eigenvalue weighted by Crippen LogP contribution is 2.27. The van der Waals surface area contributed by atoms with Crippen LogP contribution in [-0.4, -0.2) is 23.7 Å². The summed E-state index contributed by atoms with van der Waals surface area (Å²) in [5.41, 5.74) is 0.295. The first-order chi connectivity index (χ1) is 8.38. The summed E-state index contributed by atoms with van der Waals surface area (Å²) in [6.07, 6.45) is 6.89. The summed E-state index contributed by atoms with van der Waals surface area (Å²) in [6.45, 7) is 7.00. The van der Waals surface area contributed by atoms with Crippen LogP contribution >= 0.6 is 0 Å². The lowest BCUT2D eigenvalue weighted by Gasteiger charge is -2.19. The molecule has 3 nitrogen and oxygen atoms in total. The smallest absolute Gasteiger partial charge is 0.220 e. The van der Waals surface area contributed by atoms with Gasteiger partial charge in [-0.05, 0) is 37.0 Å². The van der Waals surface area contributed by atoms with Crippen molar-refractivity contribution in [3.63, 3.8) is 0 Å². The Kier molecular flexibility index (Phi) is 6.13. The van der Waals surface area contributed by atoms with E-state index in [1.165, 1.54) is 12.8 Å². The molecule has 0 aliphatic heterocycles. The fourth-order valence-electron chi connectivity index (χ4n) is 2.59. The molecule has 1 aliphatic rings. The summed E-state index contributed by atoms with van der Waals surface area (Å²) in [5.74, 6) is 0.483. The third-order valence-corrected chi connectivity index (χ3v) is 3.78. The lowest BCUT2D eigenvalue weighted by molar-refractivity contribution is -0.121. The monoisotopic (exact) mass is 255 g/mol. The van der Waals surface area contributed by atoms with Crippen LogP contribution < -0.4 is 5.32 Å². The molecule has 0 spiro atoms. The summed E-state index contributed by atoms with van der Waals surface area (Å²) >= 11 is 0. The molecule has 1 rings (SSSR count). The normalized spacial score (nSPS) is 18.9. The second kappa shape index (κ2) is 7.13. The summed E-state index contributed by atoms with van der Waals surface area (Å²) in [6, 6.07) is 0. The van der Waals surface area contributed by atoms with Crippen LogP contribution in [0.1, 0.15) is 65.7 Å². The van der Waals surface area contributed by atoms with Crippen LogP contribution in [0.5, 0.6) is 0 Å². The van der Waals surface area contributed by atoms with E-state index in [0.29, 0.717) is 24.3 Å². The van der Waals surface area contributed by atoms with Gasteiger partial charge in [0.15, 0.2) is 0 Å². The molecule has 0 bridgehead atoms. The molecule has 0 saturated heterocycles. The van der Waals surface area contributed by atoms with E-state index < -0.39 is 0 Å². The Balaban J connectivity index is 2.09. The molecule has 1 fully saturated rings. The fourth-order valence-corrected chi connectivity index (χ4v) is 2.59. The maximum atomic E-state index is 11.6. The van der Waals surface area contributed by atoms with Gasteiger partial charge in [-0.2, -0.15) is 0 Å². The standard InChI is InChI=1S/C15H29NO2/c1-15(2,3)10-6-9-14(18)16-11-13(17)12-7-4-5-8-12/h12-13,17H,4-11H2,1-3H3,(H,16,18). The summed E-state index contributed by atoms with van der Waals surface area (Å²) in [4.78, 5) is 11.6. The van der Waals surface area contributed by atoms with Gasteiger partial charge in [0.05, 0.1) is 6.10 Å². The quantitative estimate of drug-likeness (QED) is 0.766.